The van der Waals surface area contributed by atoms with Crippen molar-refractivity contribution < 1.29 is 0 Å². The van der Waals surface area contributed by atoms with Crippen molar-refractivity contribution in [1.82, 2.24) is 10.2 Å². The zero-order valence-corrected chi connectivity index (χ0v) is 10.0. The number of nitrogens with zero attached hydrogens (tertiary/aromatic N) is 2. The first-order valence-corrected chi connectivity index (χ1v) is 5.99. The Kier molecular flexibility index (Phi) is 3.43. The van der Waals surface area contributed by atoms with Gasteiger partial charge in [-0.3, -0.25) is 0 Å². The van der Waals surface area contributed by atoms with Crippen molar-refractivity contribution in [3.8, 4) is 0 Å². The fourth-order valence-electron chi connectivity index (χ4n) is 1.24. The van der Waals surface area contributed by atoms with Crippen LogP contribution in [0.5, 0.6) is 0 Å². The van der Waals surface area contributed by atoms with Crippen LogP contribution in [-0.2, 0) is 6.54 Å². The van der Waals surface area contributed by atoms with Gasteiger partial charge in [-0.15, -0.1) is 5.10 Å². The molecule has 0 aliphatic rings. The van der Waals surface area contributed by atoms with Crippen molar-refractivity contribution in [1.29, 1.82) is 0 Å². The lowest BCUT2D eigenvalue weighted by atomic mass is 10.2. The van der Waals surface area contributed by atoms with Crippen LogP contribution < -0.4 is 11.1 Å². The van der Waals surface area contributed by atoms with E-state index in [1.807, 2.05) is 5.38 Å². The van der Waals surface area contributed by atoms with Crippen LogP contribution in [0.1, 0.15) is 11.1 Å². The maximum atomic E-state index is 5.59. The summed E-state index contributed by atoms with van der Waals surface area (Å²) in [5, 5.41) is 15.0. The van der Waals surface area contributed by atoms with Gasteiger partial charge in [0, 0.05) is 6.54 Å². The van der Waals surface area contributed by atoms with Crippen LogP contribution in [0.25, 0.3) is 0 Å². The third-order valence-electron chi connectivity index (χ3n) is 2.03. The zero-order valence-electron chi connectivity index (χ0n) is 8.38. The standard InChI is InChI=1S/C10H10N4S2/c11-9(15)8-1-3-13-14-10(8)12-5-7-2-4-16-6-7/h1-4,6H,5H2,(H2,11,15)(H,12,14). The number of hydrogen-bond acceptors (Lipinski definition) is 5. The van der Waals surface area contributed by atoms with E-state index in [1.165, 1.54) is 5.56 Å². The van der Waals surface area contributed by atoms with Gasteiger partial charge in [0.1, 0.15) is 4.99 Å². The number of hydrogen-bond donors (Lipinski definition) is 2. The average molecular weight is 250 g/mol. The van der Waals surface area contributed by atoms with Crippen molar-refractivity contribution in [3.63, 3.8) is 0 Å². The number of nitrogens with two attached hydrogens (primary N) is 1. The summed E-state index contributed by atoms with van der Waals surface area (Å²) in [6.07, 6.45) is 1.57. The molecule has 6 heteroatoms. The normalized spacial score (nSPS) is 10.0. The van der Waals surface area contributed by atoms with Gasteiger partial charge in [0.25, 0.3) is 0 Å². The lowest BCUT2D eigenvalue weighted by Crippen LogP contribution is -2.14. The van der Waals surface area contributed by atoms with Crippen LogP contribution >= 0.6 is 23.6 Å². The van der Waals surface area contributed by atoms with Crippen molar-refractivity contribution in [2.75, 3.05) is 5.32 Å². The SMILES string of the molecule is NC(=S)c1ccnnc1NCc1ccsc1. The molecule has 0 saturated heterocycles. The van der Waals surface area contributed by atoms with Gasteiger partial charge in [0.15, 0.2) is 5.82 Å². The summed E-state index contributed by atoms with van der Waals surface area (Å²) in [6, 6.07) is 3.81. The van der Waals surface area contributed by atoms with Crippen LogP contribution in [0.2, 0.25) is 0 Å². The van der Waals surface area contributed by atoms with Gasteiger partial charge in [0.2, 0.25) is 0 Å². The predicted molar refractivity (Wildman–Crippen MR) is 69.6 cm³/mol. The van der Waals surface area contributed by atoms with Crippen LogP contribution in [-0.4, -0.2) is 15.2 Å². The molecule has 0 radical (unpaired) electrons. The van der Waals surface area contributed by atoms with Gasteiger partial charge in [-0.05, 0) is 28.5 Å². The Morgan fingerprint density at radius 2 is 2.38 bits per heavy atom. The van der Waals surface area contributed by atoms with Gasteiger partial charge in [0.05, 0.1) is 11.8 Å². The van der Waals surface area contributed by atoms with Gasteiger partial charge >= 0.3 is 0 Å². The van der Waals surface area contributed by atoms with E-state index in [2.05, 4.69) is 27.0 Å². The van der Waals surface area contributed by atoms with Crippen LogP contribution in [0.3, 0.4) is 0 Å². The van der Waals surface area contributed by atoms with E-state index in [0.29, 0.717) is 17.4 Å². The number of nitrogens with one attached hydrogen (secondary N) is 1. The molecule has 2 aromatic heterocycles. The predicted octanol–water partition coefficient (Wildman–Crippen LogP) is 1.78. The molecule has 0 atom stereocenters. The van der Waals surface area contributed by atoms with Crippen molar-refractivity contribution >= 4 is 34.4 Å². The molecular formula is C10H10N4S2. The first kappa shape index (κ1) is 11.0. The summed E-state index contributed by atoms with van der Waals surface area (Å²) in [4.78, 5) is 0.322. The van der Waals surface area contributed by atoms with E-state index in [-0.39, 0.29) is 0 Å². The molecule has 2 heterocycles. The Morgan fingerprint density at radius 1 is 1.50 bits per heavy atom. The Hall–Kier alpha value is -1.53. The summed E-state index contributed by atoms with van der Waals surface area (Å²) in [7, 11) is 0. The molecule has 0 aliphatic carbocycles. The monoisotopic (exact) mass is 250 g/mol. The maximum Gasteiger partial charge on any atom is 0.159 e. The second-order valence-corrected chi connectivity index (χ2v) is 4.36. The summed E-state index contributed by atoms with van der Waals surface area (Å²) in [6.45, 7) is 0.692. The minimum atomic E-state index is 0.322. The van der Waals surface area contributed by atoms with Crippen LogP contribution in [0.15, 0.2) is 29.1 Å². The molecule has 0 fully saturated rings. The van der Waals surface area contributed by atoms with E-state index < -0.39 is 0 Å². The van der Waals surface area contributed by atoms with E-state index in [4.69, 9.17) is 18.0 Å². The highest BCUT2D eigenvalue weighted by Gasteiger charge is 2.06. The summed E-state index contributed by atoms with van der Waals surface area (Å²) in [5.74, 6) is 0.626. The number of thiophene rings is 1. The van der Waals surface area contributed by atoms with E-state index >= 15 is 0 Å². The molecule has 0 unspecified atom stereocenters. The smallest absolute Gasteiger partial charge is 0.159 e. The molecule has 0 aromatic carbocycles. The molecule has 2 aromatic rings. The highest BCUT2D eigenvalue weighted by Crippen LogP contribution is 2.13. The summed E-state index contributed by atoms with van der Waals surface area (Å²) in [5.41, 5.74) is 7.51. The number of rotatable bonds is 4. The number of aromatic nitrogens is 2. The molecule has 0 bridgehead atoms. The highest BCUT2D eigenvalue weighted by atomic mass is 32.1. The molecule has 82 valence electrons. The Morgan fingerprint density at radius 3 is 3.06 bits per heavy atom. The van der Waals surface area contributed by atoms with Crippen LogP contribution in [0.4, 0.5) is 5.82 Å². The quantitative estimate of drug-likeness (QED) is 0.810. The molecule has 0 spiro atoms. The lowest BCUT2D eigenvalue weighted by Gasteiger charge is -2.07. The largest absolute Gasteiger partial charge is 0.389 e. The second kappa shape index (κ2) is 5.00. The Bertz CT molecular complexity index is 481. The fourth-order valence-corrected chi connectivity index (χ4v) is 2.07. The first-order valence-electron chi connectivity index (χ1n) is 4.64. The third-order valence-corrected chi connectivity index (χ3v) is 2.98. The average Bonchev–Trinajstić information content (AvgIpc) is 2.79. The molecule has 0 saturated carbocycles. The molecule has 4 nitrogen and oxygen atoms in total. The van der Waals surface area contributed by atoms with Gasteiger partial charge in [-0.1, -0.05) is 12.2 Å². The third kappa shape index (κ3) is 2.53. The Labute approximate surface area is 103 Å². The lowest BCUT2D eigenvalue weighted by molar-refractivity contribution is 0.998. The minimum absolute atomic E-state index is 0.322. The van der Waals surface area contributed by atoms with Crippen molar-refractivity contribution in [2.45, 2.75) is 6.54 Å². The molecule has 0 aliphatic heterocycles. The van der Waals surface area contributed by atoms with Crippen molar-refractivity contribution in [3.05, 3.63) is 40.2 Å². The molecule has 16 heavy (non-hydrogen) atoms. The van der Waals surface area contributed by atoms with Gasteiger partial charge in [-0.2, -0.15) is 16.4 Å². The highest BCUT2D eigenvalue weighted by molar-refractivity contribution is 7.80. The van der Waals surface area contributed by atoms with Gasteiger partial charge < -0.3 is 11.1 Å². The number of anilines is 1. The second-order valence-electron chi connectivity index (χ2n) is 3.14. The number of thiocarbonyl (C=S) groups is 1. The van der Waals surface area contributed by atoms with E-state index in [0.717, 1.165) is 5.56 Å². The summed E-state index contributed by atoms with van der Waals surface area (Å²) >= 11 is 6.59. The van der Waals surface area contributed by atoms with E-state index in [1.54, 1.807) is 23.6 Å². The topological polar surface area (TPSA) is 63.8 Å². The minimum Gasteiger partial charge on any atom is -0.389 e. The molecule has 2 rings (SSSR count). The molecule has 3 N–H and O–H groups in total. The molecular weight excluding hydrogens is 240 g/mol. The van der Waals surface area contributed by atoms with Crippen molar-refractivity contribution in [2.24, 2.45) is 5.73 Å². The first-order chi connectivity index (χ1) is 7.77. The van der Waals surface area contributed by atoms with Gasteiger partial charge in [-0.25, -0.2) is 0 Å². The zero-order chi connectivity index (χ0) is 11.4. The fraction of sp³-hybridized carbons (Fsp3) is 0.100. The summed E-state index contributed by atoms with van der Waals surface area (Å²) < 4.78 is 0. The Balaban J connectivity index is 2.12. The van der Waals surface area contributed by atoms with Crippen LogP contribution in [0, 0.1) is 0 Å². The maximum absolute atomic E-state index is 5.59. The van der Waals surface area contributed by atoms with E-state index in [9.17, 15) is 0 Å². The molecule has 0 amide bonds.